The molecule has 100 valence electrons. The lowest BCUT2D eigenvalue weighted by Gasteiger charge is -2.26. The zero-order valence-electron chi connectivity index (χ0n) is 10.0. The molecule has 0 radical (unpaired) electrons. The molecule has 0 unspecified atom stereocenters. The largest absolute Gasteiger partial charge is 0.497 e. The number of ether oxygens (including phenoxy) is 1. The first-order valence-electron chi connectivity index (χ1n) is 5.59. The van der Waals surface area contributed by atoms with Gasteiger partial charge in [-0.25, -0.2) is 8.42 Å². The SMILES string of the molecule is COc1cc(Br)cc(S(=O)(=O)N2CCNCC2)c1. The van der Waals surface area contributed by atoms with Crippen LogP contribution in [0.1, 0.15) is 0 Å². The van der Waals surface area contributed by atoms with Crippen LogP contribution in [0.4, 0.5) is 0 Å². The van der Waals surface area contributed by atoms with E-state index < -0.39 is 10.0 Å². The molecule has 1 saturated heterocycles. The van der Waals surface area contributed by atoms with Crippen molar-refractivity contribution in [2.24, 2.45) is 0 Å². The summed E-state index contributed by atoms with van der Waals surface area (Å²) in [5.41, 5.74) is 0. The topological polar surface area (TPSA) is 58.6 Å². The van der Waals surface area contributed by atoms with Gasteiger partial charge >= 0.3 is 0 Å². The van der Waals surface area contributed by atoms with Gasteiger partial charge in [0.05, 0.1) is 12.0 Å². The summed E-state index contributed by atoms with van der Waals surface area (Å²) < 4.78 is 32.1. The number of methoxy groups -OCH3 is 1. The summed E-state index contributed by atoms with van der Waals surface area (Å²) in [6.45, 7) is 2.36. The fourth-order valence-corrected chi connectivity index (χ4v) is 3.96. The summed E-state index contributed by atoms with van der Waals surface area (Å²) in [5, 5.41) is 3.13. The van der Waals surface area contributed by atoms with E-state index in [4.69, 9.17) is 4.74 Å². The van der Waals surface area contributed by atoms with Crippen LogP contribution in [0.25, 0.3) is 0 Å². The van der Waals surface area contributed by atoms with E-state index in [0.29, 0.717) is 36.4 Å². The van der Waals surface area contributed by atoms with Crippen LogP contribution < -0.4 is 10.1 Å². The fourth-order valence-electron chi connectivity index (χ4n) is 1.84. The number of rotatable bonds is 3. The van der Waals surface area contributed by atoms with Gasteiger partial charge in [-0.1, -0.05) is 15.9 Å². The number of nitrogens with zero attached hydrogens (tertiary/aromatic N) is 1. The number of benzene rings is 1. The molecule has 0 spiro atoms. The standard InChI is InChI=1S/C11H15BrN2O3S/c1-17-10-6-9(12)7-11(8-10)18(15,16)14-4-2-13-3-5-14/h6-8,13H,2-5H2,1H3. The van der Waals surface area contributed by atoms with Crippen LogP contribution in [0.2, 0.25) is 0 Å². The average Bonchev–Trinajstić information content (AvgIpc) is 2.39. The second-order valence-corrected chi connectivity index (χ2v) is 6.83. The third kappa shape index (κ3) is 2.85. The molecule has 1 N–H and O–H groups in total. The number of sulfonamides is 1. The molecule has 1 aliphatic heterocycles. The maximum atomic E-state index is 12.4. The minimum Gasteiger partial charge on any atom is -0.497 e. The zero-order chi connectivity index (χ0) is 13.2. The van der Waals surface area contributed by atoms with Crippen LogP contribution >= 0.6 is 15.9 Å². The fraction of sp³-hybridized carbons (Fsp3) is 0.455. The van der Waals surface area contributed by atoms with Crippen molar-refractivity contribution >= 4 is 26.0 Å². The Labute approximate surface area is 115 Å². The zero-order valence-corrected chi connectivity index (χ0v) is 12.4. The molecule has 2 rings (SSSR count). The highest BCUT2D eigenvalue weighted by Gasteiger charge is 2.26. The van der Waals surface area contributed by atoms with E-state index >= 15 is 0 Å². The maximum absolute atomic E-state index is 12.4. The molecular formula is C11H15BrN2O3S. The van der Waals surface area contributed by atoms with E-state index in [2.05, 4.69) is 21.2 Å². The third-order valence-corrected chi connectivity index (χ3v) is 5.13. The van der Waals surface area contributed by atoms with Crippen LogP contribution in [0.5, 0.6) is 5.75 Å². The molecule has 0 bridgehead atoms. The molecular weight excluding hydrogens is 320 g/mol. The lowest BCUT2D eigenvalue weighted by molar-refractivity contribution is 0.359. The Hall–Kier alpha value is -0.630. The van der Waals surface area contributed by atoms with Gasteiger partial charge < -0.3 is 10.1 Å². The van der Waals surface area contributed by atoms with Crippen molar-refractivity contribution < 1.29 is 13.2 Å². The number of piperazine rings is 1. The summed E-state index contributed by atoms with van der Waals surface area (Å²) in [5.74, 6) is 0.526. The van der Waals surface area contributed by atoms with Crippen molar-refractivity contribution in [1.29, 1.82) is 0 Å². The van der Waals surface area contributed by atoms with E-state index in [-0.39, 0.29) is 4.90 Å². The molecule has 1 fully saturated rings. The Bertz CT molecular complexity index is 527. The Morgan fingerprint density at radius 3 is 2.56 bits per heavy atom. The van der Waals surface area contributed by atoms with Crippen LogP contribution in [0.15, 0.2) is 27.6 Å². The van der Waals surface area contributed by atoms with Crippen molar-refractivity contribution in [1.82, 2.24) is 9.62 Å². The summed E-state index contributed by atoms with van der Waals surface area (Å²) in [7, 11) is -1.92. The molecule has 5 nitrogen and oxygen atoms in total. The first-order valence-corrected chi connectivity index (χ1v) is 7.83. The molecule has 0 aromatic heterocycles. The van der Waals surface area contributed by atoms with Gasteiger partial charge in [0.1, 0.15) is 5.75 Å². The normalized spacial score (nSPS) is 17.7. The second kappa shape index (κ2) is 5.56. The molecule has 1 aromatic carbocycles. The molecule has 7 heteroatoms. The predicted molar refractivity (Wildman–Crippen MR) is 72.3 cm³/mol. The summed E-state index contributed by atoms with van der Waals surface area (Å²) in [4.78, 5) is 0.260. The van der Waals surface area contributed by atoms with Crippen molar-refractivity contribution in [2.45, 2.75) is 4.90 Å². The lowest BCUT2D eigenvalue weighted by atomic mass is 10.3. The molecule has 0 saturated carbocycles. The number of hydrogen-bond donors (Lipinski definition) is 1. The smallest absolute Gasteiger partial charge is 0.243 e. The van der Waals surface area contributed by atoms with E-state index in [1.54, 1.807) is 18.2 Å². The third-order valence-electron chi connectivity index (χ3n) is 2.79. The van der Waals surface area contributed by atoms with Gasteiger partial charge in [0.25, 0.3) is 0 Å². The number of hydrogen-bond acceptors (Lipinski definition) is 4. The maximum Gasteiger partial charge on any atom is 0.243 e. The quantitative estimate of drug-likeness (QED) is 0.897. The Balaban J connectivity index is 2.36. The minimum atomic E-state index is -3.43. The highest BCUT2D eigenvalue weighted by atomic mass is 79.9. The predicted octanol–water partition coefficient (Wildman–Crippen LogP) is 1.05. The summed E-state index contributed by atoms with van der Waals surface area (Å²) in [6, 6.07) is 4.87. The lowest BCUT2D eigenvalue weighted by Crippen LogP contribution is -2.46. The van der Waals surface area contributed by atoms with Gasteiger partial charge in [0.15, 0.2) is 0 Å². The van der Waals surface area contributed by atoms with Crippen LogP contribution in [-0.4, -0.2) is 46.0 Å². The van der Waals surface area contributed by atoms with Gasteiger partial charge in [0.2, 0.25) is 10.0 Å². The molecule has 18 heavy (non-hydrogen) atoms. The van der Waals surface area contributed by atoms with Gasteiger partial charge in [-0.2, -0.15) is 4.31 Å². The van der Waals surface area contributed by atoms with E-state index in [1.807, 2.05) is 0 Å². The van der Waals surface area contributed by atoms with E-state index in [0.717, 1.165) is 0 Å². The Morgan fingerprint density at radius 2 is 1.94 bits per heavy atom. The monoisotopic (exact) mass is 334 g/mol. The Kier molecular flexibility index (Phi) is 4.26. The van der Waals surface area contributed by atoms with Crippen molar-refractivity contribution in [3.05, 3.63) is 22.7 Å². The van der Waals surface area contributed by atoms with Crippen LogP contribution in [-0.2, 0) is 10.0 Å². The Morgan fingerprint density at radius 1 is 1.28 bits per heavy atom. The minimum absolute atomic E-state index is 0.260. The van der Waals surface area contributed by atoms with Gasteiger partial charge in [-0.15, -0.1) is 0 Å². The van der Waals surface area contributed by atoms with Crippen LogP contribution in [0.3, 0.4) is 0 Å². The van der Waals surface area contributed by atoms with Gasteiger partial charge in [0, 0.05) is 36.7 Å². The van der Waals surface area contributed by atoms with Crippen molar-refractivity contribution in [3.8, 4) is 5.75 Å². The summed E-state index contributed by atoms with van der Waals surface area (Å²) in [6.07, 6.45) is 0. The molecule has 0 amide bonds. The van der Waals surface area contributed by atoms with Gasteiger partial charge in [-0.3, -0.25) is 0 Å². The first kappa shape index (κ1) is 13.8. The molecule has 0 aliphatic carbocycles. The highest BCUT2D eigenvalue weighted by molar-refractivity contribution is 9.10. The van der Waals surface area contributed by atoms with Gasteiger partial charge in [-0.05, 0) is 12.1 Å². The molecule has 1 aromatic rings. The number of nitrogens with one attached hydrogen (secondary N) is 1. The molecule has 1 aliphatic rings. The van der Waals surface area contributed by atoms with Crippen molar-refractivity contribution in [2.75, 3.05) is 33.3 Å². The average molecular weight is 335 g/mol. The molecule has 1 heterocycles. The molecule has 0 atom stereocenters. The van der Waals surface area contributed by atoms with Crippen LogP contribution in [0, 0.1) is 0 Å². The second-order valence-electron chi connectivity index (χ2n) is 3.98. The first-order chi connectivity index (χ1) is 8.54. The van der Waals surface area contributed by atoms with Crippen molar-refractivity contribution in [3.63, 3.8) is 0 Å². The van der Waals surface area contributed by atoms with E-state index in [9.17, 15) is 8.42 Å². The highest BCUT2D eigenvalue weighted by Crippen LogP contribution is 2.26. The van der Waals surface area contributed by atoms with E-state index in [1.165, 1.54) is 11.4 Å². The summed E-state index contributed by atoms with van der Waals surface area (Å²) >= 11 is 3.29. The number of halogens is 1.